The molecule has 0 amide bonds. The van der Waals surface area contributed by atoms with Crippen molar-refractivity contribution in [1.82, 2.24) is 10.0 Å². The third-order valence-corrected chi connectivity index (χ3v) is 4.91. The summed E-state index contributed by atoms with van der Waals surface area (Å²) in [5, 5.41) is 3.01. The van der Waals surface area contributed by atoms with Gasteiger partial charge in [-0.05, 0) is 44.7 Å². The SMILES string of the molecule is O=S(=O)(NCC1CC1)C1CCNCC1. The van der Waals surface area contributed by atoms with Crippen molar-refractivity contribution in [2.45, 2.75) is 30.9 Å². The molecular formula is C9H18N2O2S. The highest BCUT2D eigenvalue weighted by atomic mass is 32.2. The van der Waals surface area contributed by atoms with Crippen molar-refractivity contribution in [1.29, 1.82) is 0 Å². The van der Waals surface area contributed by atoms with Crippen LogP contribution in [0, 0.1) is 5.92 Å². The number of rotatable bonds is 4. The van der Waals surface area contributed by atoms with Gasteiger partial charge >= 0.3 is 0 Å². The molecule has 4 nitrogen and oxygen atoms in total. The van der Waals surface area contributed by atoms with Gasteiger partial charge in [-0.15, -0.1) is 0 Å². The van der Waals surface area contributed by atoms with Crippen LogP contribution in [0.5, 0.6) is 0 Å². The molecule has 0 aromatic rings. The summed E-state index contributed by atoms with van der Waals surface area (Å²) in [7, 11) is -3.03. The first-order valence-electron chi connectivity index (χ1n) is 5.38. The molecular weight excluding hydrogens is 200 g/mol. The molecule has 0 bridgehead atoms. The van der Waals surface area contributed by atoms with E-state index in [0.29, 0.717) is 12.5 Å². The Bertz CT molecular complexity index is 279. The zero-order valence-electron chi connectivity index (χ0n) is 8.33. The summed E-state index contributed by atoms with van der Waals surface area (Å²) in [4.78, 5) is 0. The minimum Gasteiger partial charge on any atom is -0.317 e. The molecule has 1 saturated carbocycles. The molecule has 1 saturated heterocycles. The monoisotopic (exact) mass is 218 g/mol. The van der Waals surface area contributed by atoms with Crippen LogP contribution < -0.4 is 10.0 Å². The van der Waals surface area contributed by atoms with E-state index >= 15 is 0 Å². The number of hydrogen-bond acceptors (Lipinski definition) is 3. The van der Waals surface area contributed by atoms with E-state index < -0.39 is 10.0 Å². The first kappa shape index (κ1) is 10.4. The molecule has 1 heterocycles. The van der Waals surface area contributed by atoms with E-state index in [1.165, 1.54) is 12.8 Å². The molecule has 0 aromatic carbocycles. The Hall–Kier alpha value is -0.130. The van der Waals surface area contributed by atoms with E-state index in [4.69, 9.17) is 0 Å². The summed E-state index contributed by atoms with van der Waals surface area (Å²) in [5.41, 5.74) is 0. The summed E-state index contributed by atoms with van der Waals surface area (Å²) in [6.07, 6.45) is 3.88. The second kappa shape index (κ2) is 4.16. The lowest BCUT2D eigenvalue weighted by Gasteiger charge is -2.22. The van der Waals surface area contributed by atoms with E-state index in [1.54, 1.807) is 0 Å². The van der Waals surface area contributed by atoms with Crippen molar-refractivity contribution < 1.29 is 8.42 Å². The van der Waals surface area contributed by atoms with Gasteiger partial charge in [0.25, 0.3) is 0 Å². The Morgan fingerprint density at radius 3 is 2.36 bits per heavy atom. The van der Waals surface area contributed by atoms with Crippen molar-refractivity contribution in [3.05, 3.63) is 0 Å². The summed E-state index contributed by atoms with van der Waals surface area (Å²) >= 11 is 0. The van der Waals surface area contributed by atoms with Gasteiger partial charge in [0.2, 0.25) is 10.0 Å². The van der Waals surface area contributed by atoms with Crippen LogP contribution in [0.25, 0.3) is 0 Å². The predicted molar refractivity (Wildman–Crippen MR) is 55.5 cm³/mol. The molecule has 0 spiro atoms. The van der Waals surface area contributed by atoms with Crippen molar-refractivity contribution in [3.8, 4) is 0 Å². The van der Waals surface area contributed by atoms with E-state index in [1.807, 2.05) is 0 Å². The standard InChI is InChI=1S/C9H18N2O2S/c12-14(13,11-7-8-1-2-8)9-3-5-10-6-4-9/h8-11H,1-7H2. The van der Waals surface area contributed by atoms with Crippen molar-refractivity contribution in [3.63, 3.8) is 0 Å². The number of sulfonamides is 1. The zero-order chi connectivity index (χ0) is 10.0. The fourth-order valence-corrected chi connectivity index (χ4v) is 3.34. The van der Waals surface area contributed by atoms with Gasteiger partial charge in [-0.2, -0.15) is 0 Å². The summed E-state index contributed by atoms with van der Waals surface area (Å²) < 4.78 is 26.3. The van der Waals surface area contributed by atoms with Gasteiger partial charge in [-0.25, -0.2) is 13.1 Å². The smallest absolute Gasteiger partial charge is 0.214 e. The van der Waals surface area contributed by atoms with E-state index in [0.717, 1.165) is 25.9 Å². The van der Waals surface area contributed by atoms with Crippen LogP contribution >= 0.6 is 0 Å². The maximum Gasteiger partial charge on any atom is 0.214 e. The Kier molecular flexibility index (Phi) is 3.09. The summed E-state index contributed by atoms with van der Waals surface area (Å²) in [5.74, 6) is 0.617. The molecule has 2 fully saturated rings. The quantitative estimate of drug-likeness (QED) is 0.702. The van der Waals surface area contributed by atoms with Gasteiger partial charge in [0, 0.05) is 6.54 Å². The molecule has 0 radical (unpaired) electrons. The zero-order valence-corrected chi connectivity index (χ0v) is 9.15. The van der Waals surface area contributed by atoms with E-state index in [2.05, 4.69) is 10.0 Å². The Balaban J connectivity index is 1.85. The molecule has 2 rings (SSSR count). The molecule has 5 heteroatoms. The minimum atomic E-state index is -3.03. The normalized spacial score (nSPS) is 25.1. The van der Waals surface area contributed by atoms with Crippen LogP contribution in [0.3, 0.4) is 0 Å². The minimum absolute atomic E-state index is 0.164. The van der Waals surface area contributed by atoms with Crippen molar-refractivity contribution in [2.75, 3.05) is 19.6 Å². The second-order valence-electron chi connectivity index (χ2n) is 4.29. The van der Waals surface area contributed by atoms with Gasteiger partial charge in [-0.1, -0.05) is 0 Å². The van der Waals surface area contributed by atoms with Crippen LogP contribution in [-0.4, -0.2) is 33.3 Å². The highest BCUT2D eigenvalue weighted by molar-refractivity contribution is 7.90. The third kappa shape index (κ3) is 2.68. The average Bonchev–Trinajstić information content (AvgIpc) is 3.00. The molecule has 0 unspecified atom stereocenters. The maximum absolute atomic E-state index is 11.8. The van der Waals surface area contributed by atoms with Crippen LogP contribution in [0.4, 0.5) is 0 Å². The van der Waals surface area contributed by atoms with Crippen LogP contribution in [0.2, 0.25) is 0 Å². The lowest BCUT2D eigenvalue weighted by molar-refractivity contribution is 0.488. The highest BCUT2D eigenvalue weighted by Crippen LogP contribution is 2.28. The predicted octanol–water partition coefficient (Wildman–Crippen LogP) is 0.0678. The summed E-state index contributed by atoms with van der Waals surface area (Å²) in [6, 6.07) is 0. The molecule has 82 valence electrons. The Labute approximate surface area is 85.5 Å². The fourth-order valence-electron chi connectivity index (χ4n) is 1.78. The van der Waals surface area contributed by atoms with Crippen LogP contribution in [-0.2, 0) is 10.0 Å². The second-order valence-corrected chi connectivity index (χ2v) is 6.33. The van der Waals surface area contributed by atoms with Gasteiger partial charge < -0.3 is 5.32 Å². The number of piperidine rings is 1. The topological polar surface area (TPSA) is 58.2 Å². The maximum atomic E-state index is 11.8. The first-order valence-corrected chi connectivity index (χ1v) is 6.92. The van der Waals surface area contributed by atoms with Crippen LogP contribution in [0.15, 0.2) is 0 Å². The highest BCUT2D eigenvalue weighted by Gasteiger charge is 2.29. The first-order chi connectivity index (χ1) is 6.68. The molecule has 0 aromatic heterocycles. The van der Waals surface area contributed by atoms with Gasteiger partial charge in [-0.3, -0.25) is 0 Å². The van der Waals surface area contributed by atoms with Gasteiger partial charge in [0.1, 0.15) is 0 Å². The lowest BCUT2D eigenvalue weighted by Crippen LogP contribution is -2.42. The Morgan fingerprint density at radius 1 is 1.14 bits per heavy atom. The van der Waals surface area contributed by atoms with Gasteiger partial charge in [0.05, 0.1) is 5.25 Å². The van der Waals surface area contributed by atoms with Crippen LogP contribution in [0.1, 0.15) is 25.7 Å². The Morgan fingerprint density at radius 2 is 1.79 bits per heavy atom. The molecule has 14 heavy (non-hydrogen) atoms. The van der Waals surface area contributed by atoms with E-state index in [-0.39, 0.29) is 5.25 Å². The molecule has 1 aliphatic heterocycles. The lowest BCUT2D eigenvalue weighted by atomic mass is 10.2. The number of hydrogen-bond donors (Lipinski definition) is 2. The average molecular weight is 218 g/mol. The van der Waals surface area contributed by atoms with Gasteiger partial charge in [0.15, 0.2) is 0 Å². The fraction of sp³-hybridized carbons (Fsp3) is 1.00. The largest absolute Gasteiger partial charge is 0.317 e. The molecule has 2 aliphatic rings. The third-order valence-electron chi connectivity index (χ3n) is 3.00. The number of nitrogens with one attached hydrogen (secondary N) is 2. The molecule has 1 aliphatic carbocycles. The van der Waals surface area contributed by atoms with Crippen molar-refractivity contribution >= 4 is 10.0 Å². The van der Waals surface area contributed by atoms with Crippen molar-refractivity contribution in [2.24, 2.45) is 5.92 Å². The molecule has 2 N–H and O–H groups in total. The summed E-state index contributed by atoms with van der Waals surface area (Å²) in [6.45, 7) is 2.32. The van der Waals surface area contributed by atoms with E-state index in [9.17, 15) is 8.42 Å². The molecule has 0 atom stereocenters.